The largest absolute Gasteiger partial charge is 0.354 e. The molecule has 128 valence electrons. The number of H-pyrrole nitrogens is 1. The van der Waals surface area contributed by atoms with Crippen molar-refractivity contribution in [2.45, 2.75) is 6.54 Å². The molecule has 3 heterocycles. The van der Waals surface area contributed by atoms with Crippen LogP contribution in [0.25, 0.3) is 38.9 Å². The summed E-state index contributed by atoms with van der Waals surface area (Å²) in [5, 5.41) is 1.22. The Morgan fingerprint density at radius 1 is 0.815 bits per heavy atom. The third-order valence-corrected chi connectivity index (χ3v) is 5.42. The zero-order valence-corrected chi connectivity index (χ0v) is 14.7. The minimum absolute atomic E-state index is 0.803. The summed E-state index contributed by atoms with van der Waals surface area (Å²) in [6.07, 6.45) is 2.31. The second-order valence-corrected chi connectivity index (χ2v) is 6.94. The Balaban J connectivity index is 1.75. The fraction of sp³-hybridized carbons (Fsp3) is 0.0417. The van der Waals surface area contributed by atoms with E-state index in [4.69, 9.17) is 4.98 Å². The van der Waals surface area contributed by atoms with E-state index in [-0.39, 0.29) is 0 Å². The van der Waals surface area contributed by atoms with Gasteiger partial charge in [-0.25, -0.2) is 4.98 Å². The van der Waals surface area contributed by atoms with E-state index in [0.717, 1.165) is 29.1 Å². The maximum atomic E-state index is 5.01. The molecular weight excluding hydrogens is 330 g/mol. The molecule has 27 heavy (non-hydrogen) atoms. The van der Waals surface area contributed by atoms with Gasteiger partial charge in [-0.2, -0.15) is 0 Å². The van der Waals surface area contributed by atoms with Crippen molar-refractivity contribution in [3.05, 3.63) is 96.2 Å². The van der Waals surface area contributed by atoms with Crippen molar-refractivity contribution < 1.29 is 0 Å². The third-order valence-electron chi connectivity index (χ3n) is 5.42. The van der Waals surface area contributed by atoms with Crippen LogP contribution in [0.15, 0.2) is 84.9 Å². The van der Waals surface area contributed by atoms with Crippen LogP contribution in [-0.4, -0.2) is 14.5 Å². The van der Waals surface area contributed by atoms with E-state index in [1.807, 2.05) is 0 Å². The van der Waals surface area contributed by atoms with Crippen LogP contribution in [0.5, 0.6) is 0 Å². The number of para-hydroxylation sites is 3. The number of rotatable bonds is 1. The first-order chi connectivity index (χ1) is 13.4. The lowest BCUT2D eigenvalue weighted by atomic mass is 9.99. The number of hydrogen-bond acceptors (Lipinski definition) is 1. The van der Waals surface area contributed by atoms with Gasteiger partial charge in [0, 0.05) is 23.0 Å². The van der Waals surface area contributed by atoms with Crippen molar-refractivity contribution >= 4 is 27.5 Å². The molecule has 0 amide bonds. The second-order valence-electron chi connectivity index (χ2n) is 6.94. The van der Waals surface area contributed by atoms with Crippen molar-refractivity contribution in [2.75, 3.05) is 0 Å². The number of fused-ring (bicyclic) bond motifs is 7. The van der Waals surface area contributed by atoms with Gasteiger partial charge in [0.1, 0.15) is 5.82 Å². The molecule has 6 rings (SSSR count). The van der Waals surface area contributed by atoms with Crippen molar-refractivity contribution in [1.82, 2.24) is 14.5 Å². The summed E-state index contributed by atoms with van der Waals surface area (Å²) in [5.41, 5.74) is 8.15. The highest BCUT2D eigenvalue weighted by molar-refractivity contribution is 6.04. The number of imidazole rings is 1. The summed E-state index contributed by atoms with van der Waals surface area (Å²) in [5.74, 6) is 1.03. The Labute approximate surface area is 156 Å². The molecule has 0 saturated heterocycles. The standard InChI is InChI=1S/C24H17N3/c1-2-8-16(9-3-1)17-14-15-27-21-13-7-6-12-20(21)26-24(27)22-18-10-4-5-11-19(18)25-23(17)22/h1-14,25H,15H2. The average Bonchev–Trinajstić information content (AvgIpc) is 3.23. The molecule has 0 saturated carbocycles. The monoisotopic (exact) mass is 347 g/mol. The summed E-state index contributed by atoms with van der Waals surface area (Å²) in [7, 11) is 0. The molecule has 2 aromatic heterocycles. The highest BCUT2D eigenvalue weighted by Crippen LogP contribution is 2.41. The molecule has 5 aromatic rings. The maximum Gasteiger partial charge on any atom is 0.144 e. The minimum Gasteiger partial charge on any atom is -0.354 e. The predicted molar refractivity (Wildman–Crippen MR) is 111 cm³/mol. The normalized spacial score (nSPS) is 13.3. The van der Waals surface area contributed by atoms with Gasteiger partial charge < -0.3 is 9.55 Å². The van der Waals surface area contributed by atoms with E-state index in [9.17, 15) is 0 Å². The van der Waals surface area contributed by atoms with Gasteiger partial charge in [0.25, 0.3) is 0 Å². The number of benzene rings is 3. The SMILES string of the molecule is C1=C(c2ccccc2)c2[nH]c3ccccc3c2-c2nc3ccccc3n2C1. The van der Waals surface area contributed by atoms with E-state index >= 15 is 0 Å². The van der Waals surface area contributed by atoms with Gasteiger partial charge in [0.15, 0.2) is 0 Å². The molecule has 0 aliphatic carbocycles. The number of aromatic amines is 1. The number of nitrogens with zero attached hydrogens (tertiary/aromatic N) is 2. The molecule has 3 aromatic carbocycles. The molecule has 0 bridgehead atoms. The molecule has 0 fully saturated rings. The Hall–Kier alpha value is -3.59. The summed E-state index contributed by atoms with van der Waals surface area (Å²) >= 11 is 0. The highest BCUT2D eigenvalue weighted by Gasteiger charge is 2.24. The van der Waals surface area contributed by atoms with Crippen LogP contribution < -0.4 is 0 Å². The first-order valence-corrected chi connectivity index (χ1v) is 9.22. The Morgan fingerprint density at radius 2 is 1.59 bits per heavy atom. The molecule has 3 heteroatoms. The van der Waals surface area contributed by atoms with Crippen molar-refractivity contribution in [3.8, 4) is 11.4 Å². The molecule has 0 atom stereocenters. The second kappa shape index (κ2) is 5.45. The van der Waals surface area contributed by atoms with Gasteiger partial charge in [-0.3, -0.25) is 0 Å². The first kappa shape index (κ1) is 14.6. The van der Waals surface area contributed by atoms with Crippen molar-refractivity contribution in [1.29, 1.82) is 0 Å². The van der Waals surface area contributed by atoms with Crippen LogP contribution in [0.1, 0.15) is 11.3 Å². The minimum atomic E-state index is 0.803. The van der Waals surface area contributed by atoms with Crippen LogP contribution in [-0.2, 0) is 6.54 Å². The summed E-state index contributed by atoms with van der Waals surface area (Å²) in [4.78, 5) is 8.68. The van der Waals surface area contributed by atoms with Crippen molar-refractivity contribution in [2.24, 2.45) is 0 Å². The van der Waals surface area contributed by atoms with Crippen LogP contribution in [0.4, 0.5) is 0 Å². The van der Waals surface area contributed by atoms with Gasteiger partial charge in [-0.1, -0.05) is 66.7 Å². The van der Waals surface area contributed by atoms with E-state index in [0.29, 0.717) is 0 Å². The molecule has 0 unspecified atom stereocenters. The molecule has 1 aliphatic rings. The molecule has 3 nitrogen and oxygen atoms in total. The summed E-state index contributed by atoms with van der Waals surface area (Å²) in [6.45, 7) is 0.803. The lowest BCUT2D eigenvalue weighted by Gasteiger charge is -2.06. The molecule has 1 aliphatic heterocycles. The predicted octanol–water partition coefficient (Wildman–Crippen LogP) is 5.63. The van der Waals surface area contributed by atoms with Gasteiger partial charge >= 0.3 is 0 Å². The molecule has 0 radical (unpaired) electrons. The first-order valence-electron chi connectivity index (χ1n) is 9.22. The van der Waals surface area contributed by atoms with Gasteiger partial charge in [-0.05, 0) is 23.8 Å². The highest BCUT2D eigenvalue weighted by atomic mass is 15.1. The number of hydrogen-bond donors (Lipinski definition) is 1. The van der Waals surface area contributed by atoms with E-state index in [2.05, 4.69) is 94.5 Å². The van der Waals surface area contributed by atoms with E-state index < -0.39 is 0 Å². The molecule has 1 N–H and O–H groups in total. The average molecular weight is 347 g/mol. The van der Waals surface area contributed by atoms with E-state index in [1.165, 1.54) is 27.6 Å². The van der Waals surface area contributed by atoms with Crippen LogP contribution in [0, 0.1) is 0 Å². The van der Waals surface area contributed by atoms with Crippen molar-refractivity contribution in [3.63, 3.8) is 0 Å². The fourth-order valence-electron chi connectivity index (χ4n) is 4.19. The lowest BCUT2D eigenvalue weighted by molar-refractivity contribution is 0.866. The van der Waals surface area contributed by atoms with Crippen LogP contribution in [0.2, 0.25) is 0 Å². The van der Waals surface area contributed by atoms with Gasteiger partial charge in [0.05, 0.1) is 22.3 Å². The van der Waals surface area contributed by atoms with Crippen LogP contribution >= 0.6 is 0 Å². The number of aromatic nitrogens is 3. The smallest absolute Gasteiger partial charge is 0.144 e. The van der Waals surface area contributed by atoms with Gasteiger partial charge in [-0.15, -0.1) is 0 Å². The van der Waals surface area contributed by atoms with Crippen LogP contribution in [0.3, 0.4) is 0 Å². The number of nitrogens with one attached hydrogen (secondary N) is 1. The Morgan fingerprint density at radius 3 is 2.52 bits per heavy atom. The Bertz CT molecular complexity index is 1340. The van der Waals surface area contributed by atoms with E-state index in [1.54, 1.807) is 0 Å². The fourth-order valence-corrected chi connectivity index (χ4v) is 4.19. The lowest BCUT2D eigenvalue weighted by Crippen LogP contribution is -1.96. The van der Waals surface area contributed by atoms with Gasteiger partial charge in [0.2, 0.25) is 0 Å². The maximum absolute atomic E-state index is 5.01. The number of allylic oxidation sites excluding steroid dienone is 1. The third kappa shape index (κ3) is 2.05. The Kier molecular flexibility index (Phi) is 2.94. The molecular formula is C24H17N3. The zero-order valence-electron chi connectivity index (χ0n) is 14.7. The quantitative estimate of drug-likeness (QED) is 0.419. The topological polar surface area (TPSA) is 33.6 Å². The molecule has 0 spiro atoms. The zero-order chi connectivity index (χ0) is 17.8. The summed E-state index contributed by atoms with van der Waals surface area (Å²) in [6, 6.07) is 27.5. The summed E-state index contributed by atoms with van der Waals surface area (Å²) < 4.78 is 2.32.